The van der Waals surface area contributed by atoms with Gasteiger partial charge >= 0.3 is 5.97 Å². The van der Waals surface area contributed by atoms with Gasteiger partial charge in [-0.15, -0.1) is 0 Å². The van der Waals surface area contributed by atoms with Crippen LogP contribution in [-0.4, -0.2) is 43.5 Å². The molecule has 2 aromatic rings. The maximum Gasteiger partial charge on any atom is 0.306 e. The number of nitrogens with one attached hydrogen (secondary N) is 1. The topological polar surface area (TPSA) is 90.9 Å². The van der Waals surface area contributed by atoms with Crippen molar-refractivity contribution in [3.05, 3.63) is 59.7 Å². The lowest BCUT2D eigenvalue weighted by molar-refractivity contribution is -0.148. The van der Waals surface area contributed by atoms with E-state index in [-0.39, 0.29) is 31.3 Å². The van der Waals surface area contributed by atoms with Crippen LogP contribution in [0.5, 0.6) is 11.5 Å². The van der Waals surface area contributed by atoms with Crippen molar-refractivity contribution in [3.63, 3.8) is 0 Å². The Bertz CT molecular complexity index is 877. The summed E-state index contributed by atoms with van der Waals surface area (Å²) in [6.07, 6.45) is -0.358. The Morgan fingerprint density at radius 1 is 1.03 bits per heavy atom. The Balaban J connectivity index is 1.32. The SMILES string of the molecule is Cc1ccc(C(=O)CCC(=O)OCC(=O)NC[C@H]2COc3ccccc3O2)cc1. The Kier molecular flexibility index (Phi) is 6.84. The number of ether oxygens (including phenoxy) is 3. The van der Waals surface area contributed by atoms with Crippen LogP contribution in [0.3, 0.4) is 0 Å². The van der Waals surface area contributed by atoms with Gasteiger partial charge in [0.15, 0.2) is 23.9 Å². The summed E-state index contributed by atoms with van der Waals surface area (Å²) in [4.78, 5) is 35.7. The molecular formula is C22H23NO6. The first kappa shape index (κ1) is 20.4. The molecule has 3 rings (SSSR count). The van der Waals surface area contributed by atoms with Crippen molar-refractivity contribution >= 4 is 17.7 Å². The fraction of sp³-hybridized carbons (Fsp3) is 0.318. The molecule has 1 heterocycles. The number of ketones is 1. The van der Waals surface area contributed by atoms with Gasteiger partial charge < -0.3 is 19.5 Å². The number of rotatable bonds is 8. The molecule has 0 aliphatic carbocycles. The second-order valence-corrected chi connectivity index (χ2v) is 6.75. The van der Waals surface area contributed by atoms with Gasteiger partial charge in [-0.25, -0.2) is 0 Å². The predicted molar refractivity (Wildman–Crippen MR) is 105 cm³/mol. The van der Waals surface area contributed by atoms with Crippen LogP contribution in [0.15, 0.2) is 48.5 Å². The predicted octanol–water partition coefficient (Wildman–Crippen LogP) is 2.46. The van der Waals surface area contributed by atoms with Crippen LogP contribution in [-0.2, 0) is 14.3 Å². The summed E-state index contributed by atoms with van der Waals surface area (Å²) in [6.45, 7) is 2.08. The summed E-state index contributed by atoms with van der Waals surface area (Å²) >= 11 is 0. The van der Waals surface area contributed by atoms with Crippen LogP contribution in [0, 0.1) is 6.92 Å². The number of carbonyl (C=O) groups is 3. The summed E-state index contributed by atoms with van der Waals surface area (Å²) in [6, 6.07) is 14.4. The van der Waals surface area contributed by atoms with Crippen LogP contribution >= 0.6 is 0 Å². The number of benzene rings is 2. The van der Waals surface area contributed by atoms with Gasteiger partial charge in [0.2, 0.25) is 0 Å². The number of hydrogen-bond acceptors (Lipinski definition) is 6. The number of para-hydroxylation sites is 2. The van der Waals surface area contributed by atoms with E-state index in [9.17, 15) is 14.4 Å². The molecule has 7 nitrogen and oxygen atoms in total. The zero-order valence-electron chi connectivity index (χ0n) is 16.2. The molecule has 0 saturated carbocycles. The molecule has 1 amide bonds. The fourth-order valence-corrected chi connectivity index (χ4v) is 2.76. The molecule has 1 aliphatic rings. The van der Waals surface area contributed by atoms with E-state index >= 15 is 0 Å². The number of aryl methyl sites for hydroxylation is 1. The Hall–Kier alpha value is -3.35. The van der Waals surface area contributed by atoms with Crippen molar-refractivity contribution in [3.8, 4) is 11.5 Å². The van der Waals surface area contributed by atoms with Crippen LogP contribution in [0.1, 0.15) is 28.8 Å². The monoisotopic (exact) mass is 397 g/mol. The first-order valence-electron chi connectivity index (χ1n) is 9.42. The Labute approximate surface area is 169 Å². The first-order chi connectivity index (χ1) is 14.0. The van der Waals surface area contributed by atoms with Crippen LogP contribution in [0.2, 0.25) is 0 Å². The van der Waals surface area contributed by atoms with Gasteiger partial charge in [-0.3, -0.25) is 14.4 Å². The lowest BCUT2D eigenvalue weighted by atomic mass is 10.1. The zero-order valence-corrected chi connectivity index (χ0v) is 16.2. The molecule has 0 bridgehead atoms. The molecule has 1 N–H and O–H groups in total. The fourth-order valence-electron chi connectivity index (χ4n) is 2.76. The standard InChI is InChI=1S/C22H23NO6/c1-15-6-8-16(9-7-15)18(24)10-11-22(26)28-14-21(25)23-12-17-13-27-19-4-2-3-5-20(19)29-17/h2-9,17H,10-14H2,1H3,(H,23,25)/t17-/m0/s1. The Morgan fingerprint density at radius 2 is 1.76 bits per heavy atom. The molecule has 2 aromatic carbocycles. The summed E-state index contributed by atoms with van der Waals surface area (Å²) < 4.78 is 16.2. The molecule has 0 fully saturated rings. The first-order valence-corrected chi connectivity index (χ1v) is 9.42. The normalized spacial score (nSPS) is 14.7. The highest BCUT2D eigenvalue weighted by Gasteiger charge is 2.21. The summed E-state index contributed by atoms with van der Waals surface area (Å²) in [5, 5.41) is 2.65. The lowest BCUT2D eigenvalue weighted by Crippen LogP contribution is -2.42. The van der Waals surface area contributed by atoms with Crippen LogP contribution in [0.25, 0.3) is 0 Å². The second-order valence-electron chi connectivity index (χ2n) is 6.75. The van der Waals surface area contributed by atoms with E-state index in [1.165, 1.54) is 0 Å². The number of hydrogen-bond donors (Lipinski definition) is 1. The van der Waals surface area contributed by atoms with Crippen molar-refractivity contribution in [2.45, 2.75) is 25.9 Å². The van der Waals surface area contributed by atoms with E-state index in [0.29, 0.717) is 23.7 Å². The van der Waals surface area contributed by atoms with E-state index in [0.717, 1.165) is 5.56 Å². The summed E-state index contributed by atoms with van der Waals surface area (Å²) in [5.41, 5.74) is 1.61. The number of carbonyl (C=O) groups excluding carboxylic acids is 3. The van der Waals surface area contributed by atoms with Gasteiger partial charge in [0, 0.05) is 12.0 Å². The molecular weight excluding hydrogens is 374 g/mol. The molecule has 152 valence electrons. The van der Waals surface area contributed by atoms with Crippen molar-refractivity contribution in [1.82, 2.24) is 5.32 Å². The molecule has 0 radical (unpaired) electrons. The molecule has 0 aromatic heterocycles. The van der Waals surface area contributed by atoms with Gasteiger partial charge in [-0.1, -0.05) is 42.0 Å². The van der Waals surface area contributed by atoms with E-state index in [4.69, 9.17) is 14.2 Å². The van der Waals surface area contributed by atoms with Gasteiger partial charge in [-0.2, -0.15) is 0 Å². The zero-order chi connectivity index (χ0) is 20.6. The summed E-state index contributed by atoms with van der Waals surface area (Å²) in [5.74, 6) is 0.130. The maximum atomic E-state index is 12.1. The largest absolute Gasteiger partial charge is 0.486 e. The molecule has 0 spiro atoms. The maximum absolute atomic E-state index is 12.1. The third-order valence-corrected chi connectivity index (χ3v) is 4.39. The number of esters is 1. The highest BCUT2D eigenvalue weighted by Crippen LogP contribution is 2.30. The smallest absolute Gasteiger partial charge is 0.306 e. The minimum absolute atomic E-state index is 0.0379. The average Bonchev–Trinajstić information content (AvgIpc) is 2.75. The molecule has 7 heteroatoms. The van der Waals surface area contributed by atoms with E-state index in [1.807, 2.05) is 37.3 Å². The molecule has 1 atom stereocenters. The third-order valence-electron chi connectivity index (χ3n) is 4.39. The van der Waals surface area contributed by atoms with E-state index in [2.05, 4.69) is 5.32 Å². The van der Waals surface area contributed by atoms with Gasteiger partial charge in [0.1, 0.15) is 12.7 Å². The van der Waals surface area contributed by atoms with Crippen LogP contribution < -0.4 is 14.8 Å². The number of fused-ring (bicyclic) bond motifs is 1. The Morgan fingerprint density at radius 3 is 2.52 bits per heavy atom. The van der Waals surface area contributed by atoms with Crippen molar-refractivity contribution in [1.29, 1.82) is 0 Å². The average molecular weight is 397 g/mol. The van der Waals surface area contributed by atoms with Gasteiger partial charge in [0.25, 0.3) is 5.91 Å². The number of Topliss-reactive ketones (excluding diaryl/α,β-unsaturated/α-hetero) is 1. The van der Waals surface area contributed by atoms with Crippen molar-refractivity contribution in [2.75, 3.05) is 19.8 Å². The van der Waals surface area contributed by atoms with Crippen molar-refractivity contribution < 1.29 is 28.6 Å². The highest BCUT2D eigenvalue weighted by atomic mass is 16.6. The second kappa shape index (κ2) is 9.73. The van der Waals surface area contributed by atoms with E-state index < -0.39 is 18.5 Å². The van der Waals surface area contributed by atoms with Crippen LogP contribution in [0.4, 0.5) is 0 Å². The molecule has 0 saturated heterocycles. The minimum Gasteiger partial charge on any atom is -0.486 e. The molecule has 29 heavy (non-hydrogen) atoms. The highest BCUT2D eigenvalue weighted by molar-refractivity contribution is 5.97. The third kappa shape index (κ3) is 6.07. The minimum atomic E-state index is -0.591. The lowest BCUT2D eigenvalue weighted by Gasteiger charge is -2.26. The van der Waals surface area contributed by atoms with Gasteiger partial charge in [-0.05, 0) is 19.1 Å². The molecule has 0 unspecified atom stereocenters. The summed E-state index contributed by atoms with van der Waals surface area (Å²) in [7, 11) is 0. The number of amides is 1. The van der Waals surface area contributed by atoms with Gasteiger partial charge in [0.05, 0.1) is 13.0 Å². The quantitative estimate of drug-likeness (QED) is 0.544. The van der Waals surface area contributed by atoms with Crippen molar-refractivity contribution in [2.24, 2.45) is 0 Å². The molecule has 1 aliphatic heterocycles. The van der Waals surface area contributed by atoms with E-state index in [1.54, 1.807) is 18.2 Å².